The lowest BCUT2D eigenvalue weighted by atomic mass is 10.1. The van der Waals surface area contributed by atoms with Crippen molar-refractivity contribution in [3.8, 4) is 11.3 Å². The van der Waals surface area contributed by atoms with Crippen molar-refractivity contribution in [1.29, 1.82) is 0 Å². The molecule has 0 bridgehead atoms. The summed E-state index contributed by atoms with van der Waals surface area (Å²) >= 11 is 0. The van der Waals surface area contributed by atoms with Crippen LogP contribution in [0.25, 0.3) is 22.2 Å². The Balaban J connectivity index is 0.000000667. The van der Waals surface area contributed by atoms with Crippen LogP contribution in [0.15, 0.2) is 60.7 Å². The maximum absolute atomic E-state index is 3.41. The van der Waals surface area contributed by atoms with Gasteiger partial charge in [0.1, 0.15) is 0 Å². The van der Waals surface area contributed by atoms with Crippen molar-refractivity contribution >= 4 is 10.9 Å². The number of fused-ring (bicyclic) bond motifs is 1. The van der Waals surface area contributed by atoms with Crippen LogP contribution in [0, 0.1) is 0 Å². The minimum atomic E-state index is 0. The molecule has 19 heavy (non-hydrogen) atoms. The third-order valence-corrected chi connectivity index (χ3v) is 2.61. The molecule has 3 rings (SSSR count). The Bertz CT molecular complexity index is 551. The molecule has 1 heteroatoms. The summed E-state index contributed by atoms with van der Waals surface area (Å²) in [4.78, 5) is 3.41. The van der Waals surface area contributed by atoms with E-state index in [9.17, 15) is 0 Å². The Labute approximate surface area is 117 Å². The van der Waals surface area contributed by atoms with Crippen LogP contribution in [0.4, 0.5) is 0 Å². The Hall–Kier alpha value is -2.02. The molecule has 0 aliphatic rings. The van der Waals surface area contributed by atoms with E-state index in [0.717, 1.165) is 0 Å². The van der Waals surface area contributed by atoms with Crippen LogP contribution in [-0.4, -0.2) is 4.98 Å². The van der Waals surface area contributed by atoms with E-state index >= 15 is 0 Å². The number of nitrogens with one attached hydrogen (secondary N) is 1. The zero-order chi connectivity index (χ0) is 14.1. The molecule has 0 aliphatic carbocycles. The lowest BCUT2D eigenvalue weighted by molar-refractivity contribution is 1.45. The third-order valence-electron chi connectivity index (χ3n) is 2.61. The van der Waals surface area contributed by atoms with Gasteiger partial charge in [-0.15, -0.1) is 0 Å². The molecule has 0 unspecified atom stereocenters. The van der Waals surface area contributed by atoms with E-state index < -0.39 is 0 Å². The lowest BCUT2D eigenvalue weighted by Gasteiger charge is -1.94. The molecule has 0 aliphatic heterocycles. The second kappa shape index (κ2) is 8.15. The highest BCUT2D eigenvalue weighted by Gasteiger charge is 2.00. The van der Waals surface area contributed by atoms with Crippen LogP contribution in [0.2, 0.25) is 0 Å². The fourth-order valence-electron chi connectivity index (χ4n) is 1.85. The largest absolute Gasteiger partial charge is 0.355 e. The number of hydrogen-bond donors (Lipinski definition) is 1. The van der Waals surface area contributed by atoms with Gasteiger partial charge in [0.05, 0.1) is 0 Å². The first-order valence-electron chi connectivity index (χ1n) is 7.07. The van der Waals surface area contributed by atoms with Crippen LogP contribution in [0.5, 0.6) is 0 Å². The quantitative estimate of drug-likeness (QED) is 0.538. The monoisotopic (exact) mass is 255 g/mol. The van der Waals surface area contributed by atoms with Crippen molar-refractivity contribution in [3.63, 3.8) is 0 Å². The van der Waals surface area contributed by atoms with E-state index in [2.05, 4.69) is 53.5 Å². The summed E-state index contributed by atoms with van der Waals surface area (Å²) in [6.07, 6.45) is 0. The molecular weight excluding hydrogens is 230 g/mol. The highest BCUT2D eigenvalue weighted by molar-refractivity contribution is 5.85. The summed E-state index contributed by atoms with van der Waals surface area (Å²) in [5, 5.41) is 1.26. The summed E-state index contributed by atoms with van der Waals surface area (Å²) in [5.41, 5.74) is 3.60. The molecule has 2 aromatic carbocycles. The maximum atomic E-state index is 3.41. The second-order valence-electron chi connectivity index (χ2n) is 3.64. The Kier molecular flexibility index (Phi) is 6.45. The highest BCUT2D eigenvalue weighted by Crippen LogP contribution is 2.23. The van der Waals surface area contributed by atoms with Crippen molar-refractivity contribution < 1.29 is 1.43 Å². The smallest absolute Gasteiger partial charge is 0.0464 e. The summed E-state index contributed by atoms with van der Waals surface area (Å²) < 4.78 is 0. The molecule has 1 heterocycles. The second-order valence-corrected chi connectivity index (χ2v) is 3.64. The van der Waals surface area contributed by atoms with E-state index in [-0.39, 0.29) is 1.43 Å². The van der Waals surface area contributed by atoms with Crippen molar-refractivity contribution in [3.05, 3.63) is 60.7 Å². The van der Waals surface area contributed by atoms with Gasteiger partial charge in [0.2, 0.25) is 0 Å². The molecule has 0 atom stereocenters. The van der Waals surface area contributed by atoms with Gasteiger partial charge in [-0.3, -0.25) is 0 Å². The predicted molar refractivity (Wildman–Crippen MR) is 88.5 cm³/mol. The minimum Gasteiger partial charge on any atom is -0.355 e. The summed E-state index contributed by atoms with van der Waals surface area (Å²) in [5.74, 6) is 0. The molecular formula is C18H25N. The number of aromatic amines is 1. The normalized spacial score (nSPS) is 9.05. The van der Waals surface area contributed by atoms with Crippen LogP contribution in [0.1, 0.15) is 29.1 Å². The number of H-pyrrole nitrogens is 1. The molecule has 1 N–H and O–H groups in total. The van der Waals surface area contributed by atoms with Gasteiger partial charge in [-0.1, -0.05) is 76.2 Å². The van der Waals surface area contributed by atoms with E-state index in [1.54, 1.807) is 0 Å². The molecule has 0 saturated carbocycles. The first-order chi connectivity index (χ1) is 9.43. The van der Waals surface area contributed by atoms with Crippen molar-refractivity contribution in [2.75, 3.05) is 0 Å². The first kappa shape index (κ1) is 15.0. The molecule has 1 aromatic heterocycles. The van der Waals surface area contributed by atoms with Crippen LogP contribution in [-0.2, 0) is 0 Å². The SMILES string of the molecule is CC.CC.[HH].c1ccc(-c2cc3ccccc3[nH]2)cc1. The predicted octanol–water partition coefficient (Wildman–Crippen LogP) is 6.13. The summed E-state index contributed by atoms with van der Waals surface area (Å²) in [6.45, 7) is 8.00. The number of benzene rings is 2. The number of rotatable bonds is 1. The van der Waals surface area contributed by atoms with E-state index in [1.165, 1.54) is 22.2 Å². The van der Waals surface area contributed by atoms with E-state index in [0.29, 0.717) is 0 Å². The van der Waals surface area contributed by atoms with Crippen LogP contribution < -0.4 is 0 Å². The Morgan fingerprint density at radius 2 is 1.32 bits per heavy atom. The fraction of sp³-hybridized carbons (Fsp3) is 0.222. The Morgan fingerprint density at radius 3 is 1.95 bits per heavy atom. The maximum Gasteiger partial charge on any atom is 0.0464 e. The van der Waals surface area contributed by atoms with E-state index in [4.69, 9.17) is 0 Å². The number of para-hydroxylation sites is 1. The molecule has 0 radical (unpaired) electrons. The molecule has 102 valence electrons. The standard InChI is InChI=1S/C14H11N.2C2H6.H2/c1-2-6-11(7-3-1)14-10-12-8-4-5-9-13(12)15-14;2*1-2;/h1-10,15H;2*1-2H3;1H. The zero-order valence-electron chi connectivity index (χ0n) is 12.3. The average Bonchev–Trinajstić information content (AvgIpc) is 2.96. The zero-order valence-corrected chi connectivity index (χ0v) is 12.3. The molecule has 0 spiro atoms. The van der Waals surface area contributed by atoms with Crippen molar-refractivity contribution in [2.24, 2.45) is 0 Å². The van der Waals surface area contributed by atoms with Gasteiger partial charge in [0, 0.05) is 18.0 Å². The molecule has 0 fully saturated rings. The number of hydrogen-bond acceptors (Lipinski definition) is 0. The fourth-order valence-corrected chi connectivity index (χ4v) is 1.85. The number of aromatic nitrogens is 1. The van der Waals surface area contributed by atoms with Gasteiger partial charge in [0.25, 0.3) is 0 Å². The van der Waals surface area contributed by atoms with Gasteiger partial charge in [-0.25, -0.2) is 0 Å². The molecule has 3 aromatic rings. The summed E-state index contributed by atoms with van der Waals surface area (Å²) in [6, 6.07) is 20.9. The van der Waals surface area contributed by atoms with Gasteiger partial charge >= 0.3 is 0 Å². The van der Waals surface area contributed by atoms with E-state index in [1.807, 2.05) is 39.8 Å². The molecule has 1 nitrogen and oxygen atoms in total. The van der Waals surface area contributed by atoms with Crippen LogP contribution >= 0.6 is 0 Å². The molecule has 0 saturated heterocycles. The van der Waals surface area contributed by atoms with Crippen molar-refractivity contribution in [1.82, 2.24) is 4.98 Å². The van der Waals surface area contributed by atoms with Gasteiger partial charge in [-0.05, 0) is 17.7 Å². The van der Waals surface area contributed by atoms with Crippen LogP contribution in [0.3, 0.4) is 0 Å². The van der Waals surface area contributed by atoms with Gasteiger partial charge in [-0.2, -0.15) is 0 Å². The Morgan fingerprint density at radius 1 is 0.737 bits per heavy atom. The summed E-state index contributed by atoms with van der Waals surface area (Å²) in [7, 11) is 0. The first-order valence-corrected chi connectivity index (χ1v) is 7.07. The molecule has 0 amide bonds. The van der Waals surface area contributed by atoms with Crippen molar-refractivity contribution in [2.45, 2.75) is 27.7 Å². The highest BCUT2D eigenvalue weighted by atomic mass is 14.7. The topological polar surface area (TPSA) is 15.8 Å². The van der Waals surface area contributed by atoms with Gasteiger partial charge < -0.3 is 4.98 Å². The average molecular weight is 255 g/mol. The lowest BCUT2D eigenvalue weighted by Crippen LogP contribution is -1.74. The van der Waals surface area contributed by atoms with Gasteiger partial charge in [0.15, 0.2) is 0 Å². The minimum absolute atomic E-state index is 0. The third kappa shape index (κ3) is 3.72.